The standard InChI is InChI=1S/C13H19NO3/c1-7(2)5-9-10(12(15)16)17-11(14-9)8-6-13(8,3)4/h7-8H,5-6H2,1-4H3,(H,15,16). The van der Waals surface area contributed by atoms with Crippen molar-refractivity contribution < 1.29 is 14.3 Å². The van der Waals surface area contributed by atoms with Crippen LogP contribution in [-0.2, 0) is 6.42 Å². The highest BCUT2D eigenvalue weighted by Crippen LogP contribution is 2.58. The summed E-state index contributed by atoms with van der Waals surface area (Å²) in [5.41, 5.74) is 0.792. The van der Waals surface area contributed by atoms with E-state index >= 15 is 0 Å². The first kappa shape index (κ1) is 12.1. The number of hydrogen-bond donors (Lipinski definition) is 1. The van der Waals surface area contributed by atoms with Crippen molar-refractivity contribution in [2.75, 3.05) is 0 Å². The quantitative estimate of drug-likeness (QED) is 0.874. The molecule has 17 heavy (non-hydrogen) atoms. The lowest BCUT2D eigenvalue weighted by atomic mass is 10.1. The molecule has 1 unspecified atom stereocenters. The molecule has 0 amide bonds. The first-order valence-corrected chi connectivity index (χ1v) is 6.04. The number of hydrogen-bond acceptors (Lipinski definition) is 3. The smallest absolute Gasteiger partial charge is 0.373 e. The number of carbonyl (C=O) groups is 1. The fourth-order valence-corrected chi connectivity index (χ4v) is 2.10. The first-order chi connectivity index (χ1) is 7.81. The van der Waals surface area contributed by atoms with Crippen LogP contribution in [0, 0.1) is 11.3 Å². The van der Waals surface area contributed by atoms with Gasteiger partial charge in [0.15, 0.2) is 5.89 Å². The van der Waals surface area contributed by atoms with Crippen LogP contribution in [0.1, 0.15) is 62.2 Å². The van der Waals surface area contributed by atoms with E-state index in [1.165, 1.54) is 0 Å². The molecule has 1 N–H and O–H groups in total. The fraction of sp³-hybridized carbons (Fsp3) is 0.692. The second-order valence-electron chi connectivity index (χ2n) is 5.98. The highest BCUT2D eigenvalue weighted by atomic mass is 16.4. The third kappa shape index (κ3) is 2.35. The van der Waals surface area contributed by atoms with Crippen molar-refractivity contribution >= 4 is 5.97 Å². The van der Waals surface area contributed by atoms with Crippen LogP contribution in [-0.4, -0.2) is 16.1 Å². The number of carboxylic acids is 1. The molecule has 1 aromatic rings. The molecular weight excluding hydrogens is 218 g/mol. The second-order valence-corrected chi connectivity index (χ2v) is 5.98. The molecule has 0 spiro atoms. The molecule has 2 rings (SSSR count). The summed E-state index contributed by atoms with van der Waals surface area (Å²) in [6.07, 6.45) is 1.67. The van der Waals surface area contributed by atoms with Gasteiger partial charge in [0.2, 0.25) is 5.76 Å². The lowest BCUT2D eigenvalue weighted by molar-refractivity contribution is 0.0658. The van der Waals surface area contributed by atoms with Gasteiger partial charge in [-0.15, -0.1) is 0 Å². The fourth-order valence-electron chi connectivity index (χ4n) is 2.10. The number of oxazole rings is 1. The Kier molecular flexibility index (Phi) is 2.76. The van der Waals surface area contributed by atoms with Gasteiger partial charge in [-0.1, -0.05) is 27.7 Å². The minimum atomic E-state index is -1.02. The molecule has 0 aliphatic heterocycles. The summed E-state index contributed by atoms with van der Waals surface area (Å²) in [4.78, 5) is 15.5. The van der Waals surface area contributed by atoms with Crippen molar-refractivity contribution in [2.45, 2.75) is 46.5 Å². The predicted octanol–water partition coefficient (Wildman–Crippen LogP) is 3.08. The van der Waals surface area contributed by atoms with Gasteiger partial charge in [-0.2, -0.15) is 0 Å². The van der Waals surface area contributed by atoms with Crippen LogP contribution in [0.5, 0.6) is 0 Å². The van der Waals surface area contributed by atoms with E-state index < -0.39 is 5.97 Å². The number of aromatic nitrogens is 1. The number of carboxylic acid groups (broad SMARTS) is 1. The van der Waals surface area contributed by atoms with E-state index in [1.54, 1.807) is 0 Å². The average Bonchev–Trinajstić information content (AvgIpc) is 2.65. The molecule has 1 aliphatic rings. The Hall–Kier alpha value is -1.32. The Labute approximate surface area is 101 Å². The second kappa shape index (κ2) is 3.86. The molecule has 4 nitrogen and oxygen atoms in total. The molecule has 1 heterocycles. The predicted molar refractivity (Wildman–Crippen MR) is 63.1 cm³/mol. The van der Waals surface area contributed by atoms with Gasteiger partial charge in [-0.05, 0) is 24.2 Å². The monoisotopic (exact) mass is 237 g/mol. The van der Waals surface area contributed by atoms with Crippen molar-refractivity contribution in [1.82, 2.24) is 4.98 Å². The van der Waals surface area contributed by atoms with E-state index in [1.807, 2.05) is 13.8 Å². The average molecular weight is 237 g/mol. The Bertz CT molecular complexity index is 446. The van der Waals surface area contributed by atoms with Crippen molar-refractivity contribution in [3.05, 3.63) is 17.3 Å². The van der Waals surface area contributed by atoms with Crippen molar-refractivity contribution in [3.8, 4) is 0 Å². The van der Waals surface area contributed by atoms with Gasteiger partial charge in [-0.3, -0.25) is 0 Å². The Morgan fingerprint density at radius 3 is 2.59 bits per heavy atom. The molecule has 94 valence electrons. The van der Waals surface area contributed by atoms with E-state index in [2.05, 4.69) is 18.8 Å². The molecule has 1 atom stereocenters. The van der Waals surface area contributed by atoms with Crippen molar-refractivity contribution in [3.63, 3.8) is 0 Å². The summed E-state index contributed by atoms with van der Waals surface area (Å²) in [5.74, 6) is 0.261. The number of nitrogens with zero attached hydrogens (tertiary/aromatic N) is 1. The molecule has 1 aromatic heterocycles. The Morgan fingerprint density at radius 2 is 2.18 bits per heavy atom. The van der Waals surface area contributed by atoms with Crippen LogP contribution in [0.4, 0.5) is 0 Å². The molecule has 0 bridgehead atoms. The normalized spacial score (nSPS) is 21.8. The van der Waals surface area contributed by atoms with E-state index in [-0.39, 0.29) is 17.1 Å². The van der Waals surface area contributed by atoms with Crippen LogP contribution in [0.3, 0.4) is 0 Å². The highest BCUT2D eigenvalue weighted by Gasteiger charge is 2.50. The lowest BCUT2D eigenvalue weighted by Crippen LogP contribution is -2.03. The molecule has 0 radical (unpaired) electrons. The Balaban J connectivity index is 2.28. The summed E-state index contributed by atoms with van der Waals surface area (Å²) < 4.78 is 5.43. The zero-order chi connectivity index (χ0) is 12.8. The summed E-state index contributed by atoms with van der Waals surface area (Å²) >= 11 is 0. The van der Waals surface area contributed by atoms with E-state index in [4.69, 9.17) is 9.52 Å². The summed E-state index contributed by atoms with van der Waals surface area (Å²) in [5, 5.41) is 9.09. The van der Waals surface area contributed by atoms with Gasteiger partial charge >= 0.3 is 5.97 Å². The largest absolute Gasteiger partial charge is 0.475 e. The maximum absolute atomic E-state index is 11.1. The molecule has 0 saturated heterocycles. The lowest BCUT2D eigenvalue weighted by Gasteiger charge is -2.00. The highest BCUT2D eigenvalue weighted by molar-refractivity contribution is 5.85. The minimum absolute atomic E-state index is 0.0244. The number of aromatic carboxylic acids is 1. The van der Waals surface area contributed by atoms with Crippen LogP contribution >= 0.6 is 0 Å². The van der Waals surface area contributed by atoms with E-state index in [0.717, 1.165) is 6.42 Å². The van der Waals surface area contributed by atoms with Gasteiger partial charge < -0.3 is 9.52 Å². The van der Waals surface area contributed by atoms with Gasteiger partial charge in [-0.25, -0.2) is 9.78 Å². The molecule has 1 aliphatic carbocycles. The first-order valence-electron chi connectivity index (χ1n) is 6.04. The molecular formula is C13H19NO3. The maximum Gasteiger partial charge on any atom is 0.373 e. The summed E-state index contributed by atoms with van der Waals surface area (Å²) in [7, 11) is 0. The van der Waals surface area contributed by atoms with Gasteiger partial charge in [0, 0.05) is 5.92 Å². The van der Waals surface area contributed by atoms with E-state index in [9.17, 15) is 4.79 Å². The van der Waals surface area contributed by atoms with Crippen LogP contribution in [0.25, 0.3) is 0 Å². The third-order valence-corrected chi connectivity index (χ3v) is 3.32. The molecule has 1 fully saturated rings. The van der Waals surface area contributed by atoms with E-state index in [0.29, 0.717) is 23.9 Å². The summed E-state index contributed by atoms with van der Waals surface area (Å²) in [6.45, 7) is 8.37. The third-order valence-electron chi connectivity index (χ3n) is 3.32. The Morgan fingerprint density at radius 1 is 1.59 bits per heavy atom. The SMILES string of the molecule is CC(C)Cc1nc(C2CC2(C)C)oc1C(=O)O. The maximum atomic E-state index is 11.1. The minimum Gasteiger partial charge on any atom is -0.475 e. The van der Waals surface area contributed by atoms with Gasteiger partial charge in [0.25, 0.3) is 0 Å². The van der Waals surface area contributed by atoms with Crippen LogP contribution < -0.4 is 0 Å². The molecule has 0 aromatic carbocycles. The molecule has 1 saturated carbocycles. The zero-order valence-electron chi connectivity index (χ0n) is 10.8. The van der Waals surface area contributed by atoms with Crippen LogP contribution in [0.15, 0.2) is 4.42 Å². The molecule has 4 heteroatoms. The van der Waals surface area contributed by atoms with Gasteiger partial charge in [0.05, 0.1) is 5.69 Å². The summed E-state index contributed by atoms with van der Waals surface area (Å²) in [6, 6.07) is 0. The number of rotatable bonds is 4. The van der Waals surface area contributed by atoms with Crippen molar-refractivity contribution in [2.24, 2.45) is 11.3 Å². The van der Waals surface area contributed by atoms with Gasteiger partial charge in [0.1, 0.15) is 0 Å². The zero-order valence-corrected chi connectivity index (χ0v) is 10.8. The van der Waals surface area contributed by atoms with Crippen molar-refractivity contribution in [1.29, 1.82) is 0 Å². The topological polar surface area (TPSA) is 63.3 Å². The van der Waals surface area contributed by atoms with Crippen LogP contribution in [0.2, 0.25) is 0 Å².